The molecule has 1 aliphatic rings. The summed E-state index contributed by atoms with van der Waals surface area (Å²) in [5, 5.41) is 0. The molecule has 0 saturated carbocycles. The van der Waals surface area contributed by atoms with Gasteiger partial charge in [0.15, 0.2) is 37.9 Å². The number of aromatic nitrogens is 2. The van der Waals surface area contributed by atoms with Crippen molar-refractivity contribution in [3.8, 4) is 0 Å². The van der Waals surface area contributed by atoms with Gasteiger partial charge in [0.05, 0.1) is 41.7 Å². The average molecular weight is 721 g/mol. The summed E-state index contributed by atoms with van der Waals surface area (Å²) in [5.74, 6) is -1.64. The number of nitrogens with zero attached hydrogens (tertiary/aromatic N) is 3. The van der Waals surface area contributed by atoms with Gasteiger partial charge in [-0.15, -0.1) is 0 Å². The number of hydrogen-bond donors (Lipinski definition) is 0. The van der Waals surface area contributed by atoms with E-state index in [1.54, 1.807) is 13.8 Å². The van der Waals surface area contributed by atoms with Crippen LogP contribution in [0.4, 0.5) is 5.69 Å². The second-order valence-electron chi connectivity index (χ2n) is 9.77. The lowest BCUT2D eigenvalue weighted by Gasteiger charge is -2.38. The molecule has 0 amide bonds. The fraction of sp³-hybridized carbons (Fsp3) is 0.200. The Morgan fingerprint density at radius 2 is 1.00 bits per heavy atom. The molecule has 3 heterocycles. The van der Waals surface area contributed by atoms with Gasteiger partial charge < -0.3 is 48.3 Å². The molecule has 2 aromatic heterocycles. The number of benzene rings is 2. The highest BCUT2D eigenvalue weighted by Crippen LogP contribution is 2.45. The van der Waals surface area contributed by atoms with Crippen LogP contribution in [0.25, 0.3) is 0 Å². The summed E-state index contributed by atoms with van der Waals surface area (Å²) in [5.41, 5.74) is 3.91. The smallest absolute Gasteiger partial charge is 0.337 e. The number of anilines is 1. The zero-order valence-electron chi connectivity index (χ0n) is 24.7. The zero-order chi connectivity index (χ0) is 29.3. The number of carbonyl (C=O) groups is 2. The van der Waals surface area contributed by atoms with Crippen LogP contribution in [-0.4, -0.2) is 25.2 Å². The van der Waals surface area contributed by atoms with E-state index < -0.39 is 17.9 Å². The molecular weight excluding hydrogens is 686 g/mol. The van der Waals surface area contributed by atoms with E-state index in [1.165, 1.54) is 0 Å². The average Bonchev–Trinajstić information content (AvgIpc) is 3.03. The molecule has 9 heteroatoms. The van der Waals surface area contributed by atoms with Gasteiger partial charge >= 0.3 is 11.9 Å². The highest BCUT2D eigenvalue weighted by molar-refractivity contribution is 6.01. The minimum Gasteiger partial charge on any atom is -1.00 e. The maximum atomic E-state index is 14.1. The molecule has 7 nitrogen and oxygen atoms in total. The molecule has 0 unspecified atom stereocenters. The summed E-state index contributed by atoms with van der Waals surface area (Å²) in [6.45, 7) is 4.72. The first-order valence-electron chi connectivity index (χ1n) is 14.2. The molecule has 0 saturated heterocycles. The number of carbonyl (C=O) groups excluding carboxylic acids is 2. The monoisotopic (exact) mass is 719 g/mol. The van der Waals surface area contributed by atoms with Gasteiger partial charge in [-0.05, 0) is 31.5 Å². The lowest BCUT2D eigenvalue weighted by molar-refractivity contribution is -0.691. The number of rotatable bonds is 10. The molecule has 1 aliphatic heterocycles. The van der Waals surface area contributed by atoms with Gasteiger partial charge in [-0.25, -0.2) is 9.59 Å². The maximum Gasteiger partial charge on any atom is 0.337 e. The molecule has 0 fully saturated rings. The summed E-state index contributed by atoms with van der Waals surface area (Å²) < 4.78 is 15.5. The van der Waals surface area contributed by atoms with Crippen LogP contribution in [0.3, 0.4) is 0 Å². The predicted molar refractivity (Wildman–Crippen MR) is 159 cm³/mol. The molecule has 0 aliphatic carbocycles. The molecule has 0 atom stereocenters. The number of hydrogen-bond acceptors (Lipinski definition) is 5. The van der Waals surface area contributed by atoms with Crippen molar-refractivity contribution >= 4 is 17.6 Å². The van der Waals surface area contributed by atoms with Crippen LogP contribution in [0.5, 0.6) is 0 Å². The largest absolute Gasteiger partial charge is 1.00 e. The number of esters is 2. The predicted octanol–water partition coefficient (Wildman–Crippen LogP) is -1.09. The molecule has 2 aromatic carbocycles. The third-order valence-corrected chi connectivity index (χ3v) is 7.10. The van der Waals surface area contributed by atoms with E-state index in [9.17, 15) is 9.59 Å². The van der Waals surface area contributed by atoms with E-state index >= 15 is 0 Å². The van der Waals surface area contributed by atoms with Crippen molar-refractivity contribution in [1.29, 1.82) is 0 Å². The molecule has 0 bridgehead atoms. The lowest BCUT2D eigenvalue weighted by Crippen LogP contribution is -3.00. The van der Waals surface area contributed by atoms with Gasteiger partial charge in [0.1, 0.15) is 0 Å². The Kier molecular flexibility index (Phi) is 13.0. The Balaban J connectivity index is 0.00000264. The topological polar surface area (TPSA) is 63.6 Å². The quantitative estimate of drug-likeness (QED) is 0.154. The summed E-state index contributed by atoms with van der Waals surface area (Å²) in [7, 11) is 0. The fourth-order valence-corrected chi connectivity index (χ4v) is 5.38. The first kappa shape index (κ1) is 34.4. The molecule has 5 rings (SSSR count). The van der Waals surface area contributed by atoms with Gasteiger partial charge in [0.2, 0.25) is 0 Å². The standard InChI is InChI=1S/C35H35N3O4.2BrH/c1-3-41-34(39)32-29(25-36-21-13-7-14-22-36)38(28-19-11-6-12-20-28)30(26-37-23-15-8-16-24-37)33(35(40)42-4-2)31(32)27-17-9-5-10-18-27;;/h5-24,31H,3-4,25-26H2,1-2H3;2*1H/q+2;;/p-2. The second-order valence-corrected chi connectivity index (χ2v) is 9.77. The van der Waals surface area contributed by atoms with Crippen molar-refractivity contribution in [2.24, 2.45) is 0 Å². The van der Waals surface area contributed by atoms with E-state index in [1.807, 2.05) is 136 Å². The molecule has 4 aromatic rings. The van der Waals surface area contributed by atoms with E-state index in [0.717, 1.165) is 22.6 Å². The molecule has 0 radical (unpaired) electrons. The summed E-state index contributed by atoms with van der Waals surface area (Å²) in [6, 6.07) is 31.2. The van der Waals surface area contributed by atoms with Crippen molar-refractivity contribution < 1.29 is 62.2 Å². The summed E-state index contributed by atoms with van der Waals surface area (Å²) in [6.07, 6.45) is 7.86. The van der Waals surface area contributed by atoms with E-state index in [2.05, 4.69) is 0 Å². The first-order valence-corrected chi connectivity index (χ1v) is 14.2. The molecule has 44 heavy (non-hydrogen) atoms. The second kappa shape index (κ2) is 16.7. The Bertz CT molecular complexity index is 1500. The number of ether oxygens (including phenoxy) is 2. The summed E-state index contributed by atoms with van der Waals surface area (Å²) in [4.78, 5) is 30.1. The molecule has 0 spiro atoms. The van der Waals surface area contributed by atoms with Crippen molar-refractivity contribution in [3.63, 3.8) is 0 Å². The molecule has 228 valence electrons. The van der Waals surface area contributed by atoms with E-state index in [-0.39, 0.29) is 47.2 Å². The third kappa shape index (κ3) is 7.70. The normalized spacial score (nSPS) is 13.1. The third-order valence-electron chi connectivity index (χ3n) is 7.10. The number of allylic oxidation sites excluding steroid dienone is 2. The Hall–Kier alpha value is -4.08. The van der Waals surface area contributed by atoms with Gasteiger partial charge in [-0.3, -0.25) is 0 Å². The Morgan fingerprint density at radius 1 is 0.614 bits per heavy atom. The van der Waals surface area contributed by atoms with E-state index in [0.29, 0.717) is 24.2 Å². The SMILES string of the molecule is CCOC(=O)C1=C(C[n+]2ccccc2)N(c2ccccc2)C(C[n+]2ccccc2)=C(C(=O)OCC)C1c1ccccc1.[Br-].[Br-]. The highest BCUT2D eigenvalue weighted by atomic mass is 79.9. The maximum absolute atomic E-state index is 14.1. The van der Waals surface area contributed by atoms with Crippen LogP contribution in [0.15, 0.2) is 144 Å². The van der Waals surface area contributed by atoms with Crippen LogP contribution in [-0.2, 0) is 32.2 Å². The Morgan fingerprint density at radius 3 is 1.41 bits per heavy atom. The minimum absolute atomic E-state index is 0. The van der Waals surface area contributed by atoms with Gasteiger partial charge in [0, 0.05) is 30.0 Å². The zero-order valence-corrected chi connectivity index (χ0v) is 27.9. The van der Waals surface area contributed by atoms with Crippen LogP contribution in [0.2, 0.25) is 0 Å². The van der Waals surface area contributed by atoms with Crippen LogP contribution in [0.1, 0.15) is 25.3 Å². The Labute approximate surface area is 279 Å². The van der Waals surface area contributed by atoms with E-state index in [4.69, 9.17) is 9.47 Å². The van der Waals surface area contributed by atoms with Crippen LogP contribution < -0.4 is 48.0 Å². The number of para-hydroxylation sites is 1. The minimum atomic E-state index is -0.706. The lowest BCUT2D eigenvalue weighted by atomic mass is 9.79. The van der Waals surface area contributed by atoms with Crippen molar-refractivity contribution in [2.45, 2.75) is 32.9 Å². The van der Waals surface area contributed by atoms with Gasteiger partial charge in [0.25, 0.3) is 0 Å². The molecule has 0 N–H and O–H groups in total. The number of pyridine rings is 2. The van der Waals surface area contributed by atoms with Crippen molar-refractivity contribution in [1.82, 2.24) is 0 Å². The van der Waals surface area contributed by atoms with Gasteiger partial charge in [-0.2, -0.15) is 9.13 Å². The fourth-order valence-electron chi connectivity index (χ4n) is 5.38. The highest BCUT2D eigenvalue weighted by Gasteiger charge is 2.45. The first-order chi connectivity index (χ1) is 20.6. The van der Waals surface area contributed by atoms with Crippen LogP contribution >= 0.6 is 0 Å². The summed E-state index contributed by atoms with van der Waals surface area (Å²) >= 11 is 0. The number of halogens is 2. The van der Waals surface area contributed by atoms with Crippen molar-refractivity contribution in [3.05, 3.63) is 150 Å². The molecular formula is C35H35Br2N3O4. The van der Waals surface area contributed by atoms with Crippen LogP contribution in [0, 0.1) is 0 Å². The van der Waals surface area contributed by atoms with Crippen molar-refractivity contribution in [2.75, 3.05) is 18.1 Å². The van der Waals surface area contributed by atoms with Gasteiger partial charge in [-0.1, -0.05) is 60.7 Å².